The number of fused-ring (bicyclic) bond motifs is 1. The van der Waals surface area contributed by atoms with Gasteiger partial charge in [-0.2, -0.15) is 5.10 Å². The Hall–Kier alpha value is -3.15. The third kappa shape index (κ3) is 3.76. The van der Waals surface area contributed by atoms with Gasteiger partial charge in [-0.25, -0.2) is 0 Å². The highest BCUT2D eigenvalue weighted by Crippen LogP contribution is 2.25. The van der Waals surface area contributed by atoms with Crippen molar-refractivity contribution in [3.05, 3.63) is 60.3 Å². The first kappa shape index (κ1) is 18.2. The van der Waals surface area contributed by atoms with Crippen molar-refractivity contribution < 1.29 is 9.53 Å². The molecule has 6 heteroatoms. The molecular formula is C22H24N4O2. The summed E-state index contributed by atoms with van der Waals surface area (Å²) in [5, 5.41) is 10.2. The fourth-order valence-electron chi connectivity index (χ4n) is 3.52. The van der Waals surface area contributed by atoms with Crippen LogP contribution in [-0.2, 0) is 0 Å². The predicted octanol–water partition coefficient (Wildman–Crippen LogP) is 3.38. The normalized spacial score (nSPS) is 14.9. The number of ether oxygens (including phenoxy) is 1. The summed E-state index contributed by atoms with van der Waals surface area (Å²) in [5.74, 6) is 0.647. The van der Waals surface area contributed by atoms with Crippen molar-refractivity contribution in [2.45, 2.75) is 18.9 Å². The number of piperidine rings is 1. The van der Waals surface area contributed by atoms with Gasteiger partial charge in [-0.3, -0.25) is 4.79 Å². The van der Waals surface area contributed by atoms with E-state index >= 15 is 0 Å². The van der Waals surface area contributed by atoms with Gasteiger partial charge in [0.05, 0.1) is 6.20 Å². The number of amides is 1. The van der Waals surface area contributed by atoms with E-state index < -0.39 is 0 Å². The molecule has 1 fully saturated rings. The Morgan fingerprint density at radius 2 is 1.89 bits per heavy atom. The molecule has 1 aliphatic heterocycles. The second-order valence-electron chi connectivity index (χ2n) is 7.29. The fraction of sp³-hybridized carbons (Fsp3) is 0.318. The van der Waals surface area contributed by atoms with E-state index in [0.29, 0.717) is 19.0 Å². The van der Waals surface area contributed by atoms with Gasteiger partial charge in [-0.1, -0.05) is 24.3 Å². The van der Waals surface area contributed by atoms with Crippen LogP contribution < -0.4 is 9.64 Å². The van der Waals surface area contributed by atoms with Crippen LogP contribution in [0.15, 0.2) is 54.7 Å². The number of hydrogen-bond donors (Lipinski definition) is 0. The van der Waals surface area contributed by atoms with Crippen LogP contribution in [0.25, 0.3) is 10.8 Å². The van der Waals surface area contributed by atoms with Crippen LogP contribution in [0.5, 0.6) is 5.88 Å². The molecule has 1 amide bonds. The highest BCUT2D eigenvalue weighted by atomic mass is 16.5. The molecule has 3 aromatic rings. The molecule has 6 nitrogen and oxygen atoms in total. The summed E-state index contributed by atoms with van der Waals surface area (Å²) in [6, 6.07) is 15.7. The highest BCUT2D eigenvalue weighted by molar-refractivity contribution is 5.95. The first-order chi connectivity index (χ1) is 13.6. The van der Waals surface area contributed by atoms with E-state index in [1.54, 1.807) is 6.20 Å². The molecule has 0 N–H and O–H groups in total. The summed E-state index contributed by atoms with van der Waals surface area (Å²) in [6.45, 7) is 1.35. The van der Waals surface area contributed by atoms with Gasteiger partial charge >= 0.3 is 0 Å². The van der Waals surface area contributed by atoms with E-state index in [4.69, 9.17) is 4.74 Å². The lowest BCUT2D eigenvalue weighted by atomic mass is 10.1. The number of aromatic nitrogens is 2. The van der Waals surface area contributed by atoms with Crippen LogP contribution in [0.4, 0.5) is 5.69 Å². The molecule has 0 atom stereocenters. The van der Waals surface area contributed by atoms with Gasteiger partial charge in [-0.15, -0.1) is 5.10 Å². The van der Waals surface area contributed by atoms with Crippen molar-refractivity contribution in [2.24, 2.45) is 0 Å². The van der Waals surface area contributed by atoms with E-state index in [0.717, 1.165) is 34.9 Å². The van der Waals surface area contributed by atoms with Gasteiger partial charge in [0.2, 0.25) is 5.88 Å². The van der Waals surface area contributed by atoms with Crippen LogP contribution >= 0.6 is 0 Å². The second kappa shape index (κ2) is 7.84. The first-order valence-corrected chi connectivity index (χ1v) is 9.55. The Balaban J connectivity index is 1.40. The highest BCUT2D eigenvalue weighted by Gasteiger charge is 2.25. The SMILES string of the molecule is CN(C)c1cccc(C(=O)N2CCC(Oc3nncc4ccccc34)CC2)c1. The molecule has 2 heterocycles. The minimum Gasteiger partial charge on any atom is -0.473 e. The van der Waals surface area contributed by atoms with Gasteiger partial charge in [-0.05, 0) is 24.3 Å². The van der Waals surface area contributed by atoms with Crippen molar-refractivity contribution >= 4 is 22.4 Å². The number of hydrogen-bond acceptors (Lipinski definition) is 5. The number of benzene rings is 2. The Kier molecular flexibility index (Phi) is 5.10. The Labute approximate surface area is 164 Å². The third-order valence-corrected chi connectivity index (χ3v) is 5.15. The molecule has 1 saturated heterocycles. The average molecular weight is 376 g/mol. The second-order valence-corrected chi connectivity index (χ2v) is 7.29. The molecule has 0 saturated carbocycles. The van der Waals surface area contributed by atoms with Crippen molar-refractivity contribution in [3.63, 3.8) is 0 Å². The van der Waals surface area contributed by atoms with Crippen molar-refractivity contribution in [1.29, 1.82) is 0 Å². The molecule has 4 rings (SSSR count). The molecule has 144 valence electrons. The number of carbonyl (C=O) groups is 1. The Morgan fingerprint density at radius 3 is 2.68 bits per heavy atom. The average Bonchev–Trinajstić information content (AvgIpc) is 2.74. The molecule has 28 heavy (non-hydrogen) atoms. The molecular weight excluding hydrogens is 352 g/mol. The third-order valence-electron chi connectivity index (χ3n) is 5.15. The Bertz CT molecular complexity index is 976. The summed E-state index contributed by atoms with van der Waals surface area (Å²) in [4.78, 5) is 16.8. The van der Waals surface area contributed by atoms with Gasteiger partial charge in [0.25, 0.3) is 5.91 Å². The fourth-order valence-corrected chi connectivity index (χ4v) is 3.52. The van der Waals surface area contributed by atoms with Crippen molar-refractivity contribution in [3.8, 4) is 5.88 Å². The lowest BCUT2D eigenvalue weighted by Gasteiger charge is -2.32. The number of carbonyl (C=O) groups excluding carboxylic acids is 1. The lowest BCUT2D eigenvalue weighted by Crippen LogP contribution is -2.41. The summed E-state index contributed by atoms with van der Waals surface area (Å²) >= 11 is 0. The molecule has 1 aliphatic rings. The van der Waals surface area contributed by atoms with Crippen LogP contribution in [0.2, 0.25) is 0 Å². The van der Waals surface area contributed by atoms with E-state index in [1.807, 2.05) is 72.4 Å². The molecule has 0 bridgehead atoms. The molecule has 0 aliphatic carbocycles. The minimum absolute atomic E-state index is 0.0391. The van der Waals surface area contributed by atoms with Crippen LogP contribution in [0.1, 0.15) is 23.2 Å². The standard InChI is InChI=1S/C22H24N4O2/c1-25(2)18-8-5-7-16(14-18)22(27)26-12-10-19(11-13-26)28-21-20-9-4-3-6-17(20)15-23-24-21/h3-9,14-15,19H,10-13H2,1-2H3. The monoisotopic (exact) mass is 376 g/mol. The van der Waals surface area contributed by atoms with Gasteiger partial charge in [0, 0.05) is 62.0 Å². The maximum absolute atomic E-state index is 12.9. The largest absolute Gasteiger partial charge is 0.473 e. The Morgan fingerprint density at radius 1 is 1.11 bits per heavy atom. The maximum atomic E-state index is 12.9. The van der Waals surface area contributed by atoms with Crippen LogP contribution in [0.3, 0.4) is 0 Å². The quantitative estimate of drug-likeness (QED) is 0.699. The number of anilines is 1. The summed E-state index contributed by atoms with van der Waals surface area (Å²) in [7, 11) is 3.95. The zero-order chi connectivity index (χ0) is 19.5. The maximum Gasteiger partial charge on any atom is 0.253 e. The van der Waals surface area contributed by atoms with Crippen molar-refractivity contribution in [2.75, 3.05) is 32.1 Å². The van der Waals surface area contributed by atoms with E-state index in [-0.39, 0.29) is 12.0 Å². The van der Waals surface area contributed by atoms with E-state index in [1.165, 1.54) is 0 Å². The summed E-state index contributed by atoms with van der Waals surface area (Å²) in [5.41, 5.74) is 1.75. The number of likely N-dealkylation sites (tertiary alicyclic amines) is 1. The van der Waals surface area contributed by atoms with Crippen LogP contribution in [-0.4, -0.2) is 54.3 Å². The zero-order valence-electron chi connectivity index (χ0n) is 16.2. The molecule has 2 aromatic carbocycles. The van der Waals surface area contributed by atoms with Gasteiger partial charge in [0.1, 0.15) is 6.10 Å². The summed E-state index contributed by atoms with van der Waals surface area (Å²) < 4.78 is 6.13. The molecule has 0 radical (unpaired) electrons. The van der Waals surface area contributed by atoms with Gasteiger partial charge < -0.3 is 14.5 Å². The zero-order valence-corrected chi connectivity index (χ0v) is 16.2. The number of rotatable bonds is 4. The number of nitrogens with zero attached hydrogens (tertiary/aromatic N) is 4. The molecule has 0 unspecified atom stereocenters. The molecule has 1 aromatic heterocycles. The first-order valence-electron chi connectivity index (χ1n) is 9.55. The van der Waals surface area contributed by atoms with E-state index in [2.05, 4.69) is 10.2 Å². The minimum atomic E-state index is 0.0391. The molecule has 0 spiro atoms. The van der Waals surface area contributed by atoms with E-state index in [9.17, 15) is 4.79 Å². The van der Waals surface area contributed by atoms with Gasteiger partial charge in [0.15, 0.2) is 0 Å². The summed E-state index contributed by atoms with van der Waals surface area (Å²) in [6.07, 6.45) is 3.34. The topological polar surface area (TPSA) is 58.6 Å². The van der Waals surface area contributed by atoms with Crippen LogP contribution in [0, 0.1) is 0 Å². The smallest absolute Gasteiger partial charge is 0.253 e. The lowest BCUT2D eigenvalue weighted by molar-refractivity contribution is 0.0589. The van der Waals surface area contributed by atoms with Crippen molar-refractivity contribution in [1.82, 2.24) is 15.1 Å². The predicted molar refractivity (Wildman–Crippen MR) is 110 cm³/mol.